The van der Waals surface area contributed by atoms with Crippen molar-refractivity contribution in [3.63, 3.8) is 0 Å². The van der Waals surface area contributed by atoms with Gasteiger partial charge in [0.2, 0.25) is 0 Å². The molecule has 0 saturated carbocycles. The van der Waals surface area contributed by atoms with Crippen LogP contribution in [0.1, 0.15) is 11.5 Å². The summed E-state index contributed by atoms with van der Waals surface area (Å²) in [4.78, 5) is 3.85. The number of nitrogens with zero attached hydrogens (tertiary/aromatic N) is 2. The molecule has 0 spiro atoms. The van der Waals surface area contributed by atoms with Gasteiger partial charge in [-0.05, 0) is 13.8 Å². The number of aromatic nitrogens is 2. The minimum atomic E-state index is -3.71. The summed E-state index contributed by atoms with van der Waals surface area (Å²) in [7, 11) is -3.71. The number of halogens is 1. The maximum Gasteiger partial charge on any atom is 0.274 e. The van der Waals surface area contributed by atoms with Crippen molar-refractivity contribution >= 4 is 38.8 Å². The van der Waals surface area contributed by atoms with Crippen LogP contribution in [-0.4, -0.2) is 18.6 Å². The fourth-order valence-corrected chi connectivity index (χ4v) is 3.92. The summed E-state index contributed by atoms with van der Waals surface area (Å²) >= 11 is 6.55. The second-order valence-corrected chi connectivity index (χ2v) is 6.73. The highest BCUT2D eigenvalue weighted by Gasteiger charge is 2.22. The van der Waals surface area contributed by atoms with E-state index in [4.69, 9.17) is 16.1 Å². The van der Waals surface area contributed by atoms with Gasteiger partial charge in [-0.1, -0.05) is 28.1 Å². The second-order valence-electron chi connectivity index (χ2n) is 3.27. The number of hydrogen-bond donors (Lipinski definition) is 1. The minimum absolute atomic E-state index is 0.0724. The van der Waals surface area contributed by atoms with Crippen molar-refractivity contribution in [1.29, 1.82) is 0 Å². The van der Waals surface area contributed by atoms with E-state index >= 15 is 0 Å². The number of rotatable bonds is 3. The molecule has 1 N–H and O–H groups in total. The van der Waals surface area contributed by atoms with Crippen LogP contribution in [0, 0.1) is 13.8 Å². The van der Waals surface area contributed by atoms with Crippen molar-refractivity contribution < 1.29 is 12.9 Å². The first-order valence-electron chi connectivity index (χ1n) is 4.47. The molecule has 2 aromatic heterocycles. The number of thiazole rings is 1. The SMILES string of the molecule is Cc1cc(NS(=O)(=O)c2sc(Cl)nc2C)no1. The number of sulfonamides is 1. The van der Waals surface area contributed by atoms with E-state index in [1.165, 1.54) is 6.07 Å². The molecule has 6 nitrogen and oxygen atoms in total. The van der Waals surface area contributed by atoms with Crippen LogP contribution < -0.4 is 4.72 Å². The molecule has 0 atom stereocenters. The predicted octanol–water partition coefficient (Wildman–Crippen LogP) is 2.20. The quantitative estimate of drug-likeness (QED) is 0.937. The molecule has 2 rings (SSSR count). The summed E-state index contributed by atoms with van der Waals surface area (Å²) in [5.41, 5.74) is 0.354. The Hall–Kier alpha value is -1.12. The monoisotopic (exact) mass is 293 g/mol. The summed E-state index contributed by atoms with van der Waals surface area (Å²) in [6.07, 6.45) is 0. The van der Waals surface area contributed by atoms with Crippen LogP contribution in [-0.2, 0) is 10.0 Å². The van der Waals surface area contributed by atoms with E-state index in [1.807, 2.05) is 0 Å². The van der Waals surface area contributed by atoms with Crippen molar-refractivity contribution in [3.8, 4) is 0 Å². The zero-order valence-electron chi connectivity index (χ0n) is 8.89. The molecule has 17 heavy (non-hydrogen) atoms. The molecule has 0 aliphatic heterocycles. The van der Waals surface area contributed by atoms with Gasteiger partial charge < -0.3 is 4.52 Å². The minimum Gasteiger partial charge on any atom is -0.360 e. The summed E-state index contributed by atoms with van der Waals surface area (Å²) in [5.74, 6) is 0.646. The third kappa shape index (κ3) is 2.59. The molecule has 0 radical (unpaired) electrons. The Kier molecular flexibility index (Phi) is 3.11. The fraction of sp³-hybridized carbons (Fsp3) is 0.250. The Balaban J connectivity index is 2.34. The van der Waals surface area contributed by atoms with Gasteiger partial charge in [-0.15, -0.1) is 0 Å². The van der Waals surface area contributed by atoms with E-state index < -0.39 is 10.0 Å². The average Bonchev–Trinajstić information content (AvgIpc) is 2.72. The molecule has 0 aliphatic carbocycles. The Morgan fingerprint density at radius 1 is 1.47 bits per heavy atom. The van der Waals surface area contributed by atoms with Gasteiger partial charge in [-0.2, -0.15) is 0 Å². The molecule has 0 aliphatic rings. The normalized spacial score (nSPS) is 11.7. The van der Waals surface area contributed by atoms with Crippen molar-refractivity contribution in [2.24, 2.45) is 0 Å². The van der Waals surface area contributed by atoms with E-state index in [0.29, 0.717) is 11.5 Å². The predicted molar refractivity (Wildman–Crippen MR) is 63.9 cm³/mol. The number of aryl methyl sites for hydroxylation is 2. The van der Waals surface area contributed by atoms with Crippen molar-refractivity contribution in [3.05, 3.63) is 22.0 Å². The molecule has 0 fully saturated rings. The first-order chi connectivity index (χ1) is 7.88. The lowest BCUT2D eigenvalue weighted by molar-refractivity contribution is 0.400. The molecule has 9 heteroatoms. The largest absolute Gasteiger partial charge is 0.360 e. The van der Waals surface area contributed by atoms with Crippen molar-refractivity contribution in [1.82, 2.24) is 10.1 Å². The van der Waals surface area contributed by atoms with Crippen LogP contribution >= 0.6 is 22.9 Å². The molecule has 0 saturated heterocycles. The maximum absolute atomic E-state index is 12.0. The number of nitrogens with one attached hydrogen (secondary N) is 1. The van der Waals surface area contributed by atoms with Crippen LogP contribution in [0.25, 0.3) is 0 Å². The standard InChI is InChI=1S/C8H8ClN3O3S2/c1-4-3-6(11-15-4)12-17(13,14)7-5(2)10-8(9)16-7/h3H,1-2H3,(H,11,12). The molecule has 0 unspecified atom stereocenters. The van der Waals surface area contributed by atoms with E-state index in [1.54, 1.807) is 13.8 Å². The second kappa shape index (κ2) is 4.28. The highest BCUT2D eigenvalue weighted by Crippen LogP contribution is 2.28. The van der Waals surface area contributed by atoms with Gasteiger partial charge in [0.15, 0.2) is 14.5 Å². The van der Waals surface area contributed by atoms with E-state index in [0.717, 1.165) is 11.3 Å². The average molecular weight is 294 g/mol. The summed E-state index contributed by atoms with van der Waals surface area (Å²) in [6.45, 7) is 3.24. The summed E-state index contributed by atoms with van der Waals surface area (Å²) in [6, 6.07) is 1.48. The molecule has 2 aromatic rings. The number of anilines is 1. The van der Waals surface area contributed by atoms with Gasteiger partial charge in [-0.3, -0.25) is 4.72 Å². The highest BCUT2D eigenvalue weighted by molar-refractivity contribution is 7.94. The van der Waals surface area contributed by atoms with Crippen LogP contribution in [0.2, 0.25) is 4.47 Å². The topological polar surface area (TPSA) is 85.1 Å². The number of hydrogen-bond acceptors (Lipinski definition) is 6. The molecule has 2 heterocycles. The van der Waals surface area contributed by atoms with E-state index in [2.05, 4.69) is 14.9 Å². The van der Waals surface area contributed by atoms with Crippen LogP contribution in [0.15, 0.2) is 14.8 Å². The first kappa shape index (κ1) is 12.3. The smallest absolute Gasteiger partial charge is 0.274 e. The van der Waals surface area contributed by atoms with Gasteiger partial charge in [0.25, 0.3) is 10.0 Å². The maximum atomic E-state index is 12.0. The molecule has 92 valence electrons. The molecule has 0 bridgehead atoms. The molecule has 0 aromatic carbocycles. The Morgan fingerprint density at radius 2 is 2.18 bits per heavy atom. The summed E-state index contributed by atoms with van der Waals surface area (Å²) < 4.78 is 31.2. The Labute approximate surface area is 107 Å². The molecular formula is C8H8ClN3O3S2. The van der Waals surface area contributed by atoms with Gasteiger partial charge in [0.1, 0.15) is 5.76 Å². The van der Waals surface area contributed by atoms with Crippen molar-refractivity contribution in [2.45, 2.75) is 18.1 Å². The zero-order chi connectivity index (χ0) is 12.6. The third-order valence-corrected chi connectivity index (χ3v) is 5.07. The van der Waals surface area contributed by atoms with E-state index in [-0.39, 0.29) is 14.5 Å². The zero-order valence-corrected chi connectivity index (χ0v) is 11.3. The lowest BCUT2D eigenvalue weighted by Crippen LogP contribution is -2.12. The van der Waals surface area contributed by atoms with Gasteiger partial charge in [0.05, 0.1) is 5.69 Å². The van der Waals surface area contributed by atoms with Crippen LogP contribution in [0.3, 0.4) is 0 Å². The van der Waals surface area contributed by atoms with Gasteiger partial charge in [0, 0.05) is 6.07 Å². The van der Waals surface area contributed by atoms with Crippen molar-refractivity contribution in [2.75, 3.05) is 4.72 Å². The Morgan fingerprint density at radius 3 is 2.65 bits per heavy atom. The highest BCUT2D eigenvalue weighted by atomic mass is 35.5. The lowest BCUT2D eigenvalue weighted by Gasteiger charge is -2.01. The molecule has 0 amide bonds. The Bertz CT molecular complexity index is 647. The lowest BCUT2D eigenvalue weighted by atomic mass is 10.5. The third-order valence-electron chi connectivity index (χ3n) is 1.84. The van der Waals surface area contributed by atoms with Crippen LogP contribution in [0.4, 0.5) is 5.82 Å². The molecular weight excluding hydrogens is 286 g/mol. The van der Waals surface area contributed by atoms with Crippen LogP contribution in [0.5, 0.6) is 0 Å². The summed E-state index contributed by atoms with van der Waals surface area (Å²) in [5, 5.41) is 3.55. The van der Waals surface area contributed by atoms with Gasteiger partial charge >= 0.3 is 0 Å². The fourth-order valence-electron chi connectivity index (χ4n) is 1.20. The van der Waals surface area contributed by atoms with Gasteiger partial charge in [-0.25, -0.2) is 13.4 Å². The first-order valence-corrected chi connectivity index (χ1v) is 7.15. The van der Waals surface area contributed by atoms with E-state index in [9.17, 15) is 8.42 Å².